The van der Waals surface area contributed by atoms with Crippen molar-refractivity contribution in [1.29, 1.82) is 0 Å². The van der Waals surface area contributed by atoms with Crippen LogP contribution in [0.1, 0.15) is 4.88 Å². The van der Waals surface area contributed by atoms with Crippen LogP contribution in [0.2, 0.25) is 0 Å². The molecule has 0 spiro atoms. The van der Waals surface area contributed by atoms with Gasteiger partial charge in [-0.15, -0.1) is 11.3 Å². The summed E-state index contributed by atoms with van der Waals surface area (Å²) in [5, 5.41) is 16.0. The Morgan fingerprint density at radius 1 is 1.38 bits per heavy atom. The van der Waals surface area contributed by atoms with Gasteiger partial charge in [0, 0.05) is 21.7 Å². The van der Waals surface area contributed by atoms with Gasteiger partial charge < -0.3 is 5.32 Å². The van der Waals surface area contributed by atoms with E-state index >= 15 is 0 Å². The third-order valence-corrected chi connectivity index (χ3v) is 5.76. The number of nitrogens with one attached hydrogen (secondary N) is 1. The molecular weight excluding hydrogens is 380 g/mol. The van der Waals surface area contributed by atoms with E-state index in [1.165, 1.54) is 23.5 Å². The van der Waals surface area contributed by atoms with Crippen molar-refractivity contribution in [2.45, 2.75) is 11.4 Å². The van der Waals surface area contributed by atoms with Crippen LogP contribution in [0.15, 0.2) is 39.0 Å². The lowest BCUT2D eigenvalue weighted by Crippen LogP contribution is -2.04. The van der Waals surface area contributed by atoms with E-state index in [1.807, 2.05) is 11.4 Å². The number of benzene rings is 1. The maximum Gasteiger partial charge on any atom is 0.293 e. The number of hydrogen-bond donors (Lipinski definition) is 1. The largest absolute Gasteiger partial charge is 0.375 e. The zero-order valence-corrected chi connectivity index (χ0v) is 14.1. The summed E-state index contributed by atoms with van der Waals surface area (Å²) in [7, 11) is -3.48. The molecular formula is C12H11BrN2O4S2. The Bertz CT molecular complexity index is 786. The van der Waals surface area contributed by atoms with Gasteiger partial charge in [-0.2, -0.15) is 0 Å². The van der Waals surface area contributed by atoms with Crippen LogP contribution < -0.4 is 5.32 Å². The zero-order valence-electron chi connectivity index (χ0n) is 10.9. The molecule has 0 radical (unpaired) electrons. The lowest BCUT2D eigenvalue weighted by atomic mass is 10.2. The minimum Gasteiger partial charge on any atom is -0.375 e. The van der Waals surface area contributed by atoms with Crippen LogP contribution in [0, 0.1) is 10.1 Å². The van der Waals surface area contributed by atoms with Gasteiger partial charge in [-0.1, -0.05) is 0 Å². The molecule has 0 amide bonds. The van der Waals surface area contributed by atoms with Gasteiger partial charge in [-0.05, 0) is 39.5 Å². The first-order chi connectivity index (χ1) is 9.79. The Morgan fingerprint density at radius 3 is 2.62 bits per heavy atom. The summed E-state index contributed by atoms with van der Waals surface area (Å²) in [4.78, 5) is 11.4. The fourth-order valence-corrected chi connectivity index (χ4v) is 3.74. The first kappa shape index (κ1) is 15.9. The molecule has 2 rings (SSSR count). The van der Waals surface area contributed by atoms with E-state index in [-0.39, 0.29) is 16.3 Å². The predicted molar refractivity (Wildman–Crippen MR) is 85.6 cm³/mol. The second-order valence-electron chi connectivity index (χ2n) is 4.25. The van der Waals surface area contributed by atoms with Gasteiger partial charge in [0.05, 0.1) is 16.4 Å². The summed E-state index contributed by atoms with van der Waals surface area (Å²) in [6.07, 6.45) is 1.02. The normalized spacial score (nSPS) is 11.3. The number of rotatable bonds is 5. The molecule has 0 bridgehead atoms. The average molecular weight is 391 g/mol. The Hall–Kier alpha value is -1.45. The van der Waals surface area contributed by atoms with Crippen molar-refractivity contribution in [3.8, 4) is 0 Å². The van der Waals surface area contributed by atoms with Crippen LogP contribution in [0.3, 0.4) is 0 Å². The molecule has 112 valence electrons. The van der Waals surface area contributed by atoms with E-state index in [2.05, 4.69) is 21.2 Å². The molecule has 0 aliphatic carbocycles. The molecule has 21 heavy (non-hydrogen) atoms. The first-order valence-corrected chi connectivity index (χ1v) is 9.29. The molecule has 0 aliphatic rings. The summed E-state index contributed by atoms with van der Waals surface area (Å²) < 4.78 is 23.8. The lowest BCUT2D eigenvalue weighted by molar-refractivity contribution is -0.384. The van der Waals surface area contributed by atoms with Gasteiger partial charge in [-0.25, -0.2) is 8.42 Å². The van der Waals surface area contributed by atoms with Gasteiger partial charge in [-0.3, -0.25) is 10.1 Å². The van der Waals surface area contributed by atoms with Crippen molar-refractivity contribution in [3.63, 3.8) is 0 Å². The molecule has 0 atom stereocenters. The van der Waals surface area contributed by atoms with E-state index in [1.54, 1.807) is 0 Å². The number of thiophene rings is 1. The summed E-state index contributed by atoms with van der Waals surface area (Å²) in [5.41, 5.74) is 0.0262. The topological polar surface area (TPSA) is 89.3 Å². The van der Waals surface area contributed by atoms with Crippen molar-refractivity contribution in [2.24, 2.45) is 0 Å². The van der Waals surface area contributed by atoms with Gasteiger partial charge in [0.2, 0.25) is 0 Å². The molecule has 1 heterocycles. The highest BCUT2D eigenvalue weighted by atomic mass is 79.9. The Kier molecular flexibility index (Phi) is 4.64. The number of anilines is 1. The van der Waals surface area contributed by atoms with Gasteiger partial charge in [0.1, 0.15) is 5.69 Å². The Morgan fingerprint density at radius 2 is 2.10 bits per heavy atom. The van der Waals surface area contributed by atoms with E-state index in [0.717, 1.165) is 21.7 Å². The highest BCUT2D eigenvalue weighted by molar-refractivity contribution is 9.10. The maximum absolute atomic E-state index is 11.5. The van der Waals surface area contributed by atoms with Crippen LogP contribution >= 0.6 is 27.3 Å². The molecule has 1 aromatic carbocycles. The monoisotopic (exact) mass is 390 g/mol. The fraction of sp³-hybridized carbons (Fsp3) is 0.167. The number of nitrogens with zero attached hydrogens (tertiary/aromatic N) is 1. The molecule has 0 saturated carbocycles. The second-order valence-corrected chi connectivity index (χ2v) is 8.12. The lowest BCUT2D eigenvalue weighted by Gasteiger charge is -2.07. The maximum atomic E-state index is 11.5. The highest BCUT2D eigenvalue weighted by Gasteiger charge is 2.18. The van der Waals surface area contributed by atoms with Crippen molar-refractivity contribution < 1.29 is 13.3 Å². The van der Waals surface area contributed by atoms with Crippen molar-refractivity contribution in [3.05, 3.63) is 49.1 Å². The molecule has 0 fully saturated rings. The predicted octanol–water partition coefficient (Wildman–Crippen LogP) is 3.43. The average Bonchev–Trinajstić information content (AvgIpc) is 2.80. The van der Waals surface area contributed by atoms with E-state index < -0.39 is 14.8 Å². The van der Waals surface area contributed by atoms with Crippen molar-refractivity contribution in [1.82, 2.24) is 0 Å². The van der Waals surface area contributed by atoms with Crippen LogP contribution in [-0.4, -0.2) is 19.6 Å². The molecule has 6 nitrogen and oxygen atoms in total. The van der Waals surface area contributed by atoms with E-state index in [0.29, 0.717) is 6.54 Å². The number of hydrogen-bond acceptors (Lipinski definition) is 6. The SMILES string of the molecule is CS(=O)(=O)c1ccc(NCc2sccc2Br)c([N+](=O)[O-])c1. The van der Waals surface area contributed by atoms with Crippen molar-refractivity contribution in [2.75, 3.05) is 11.6 Å². The Balaban J connectivity index is 2.31. The van der Waals surface area contributed by atoms with Gasteiger partial charge >= 0.3 is 0 Å². The second kappa shape index (κ2) is 6.12. The minimum absolute atomic E-state index is 0.0722. The van der Waals surface area contributed by atoms with Gasteiger partial charge in [0.15, 0.2) is 9.84 Å². The van der Waals surface area contributed by atoms with Crippen molar-refractivity contribution >= 4 is 48.5 Å². The summed E-state index contributed by atoms with van der Waals surface area (Å²) in [5.74, 6) is 0. The summed E-state index contributed by atoms with van der Waals surface area (Å²) in [6, 6.07) is 5.73. The minimum atomic E-state index is -3.48. The quantitative estimate of drug-likeness (QED) is 0.623. The van der Waals surface area contributed by atoms with E-state index in [9.17, 15) is 18.5 Å². The third-order valence-electron chi connectivity index (χ3n) is 2.72. The fourth-order valence-electron chi connectivity index (χ4n) is 1.67. The highest BCUT2D eigenvalue weighted by Crippen LogP contribution is 2.29. The molecule has 0 saturated heterocycles. The van der Waals surface area contributed by atoms with Crippen LogP contribution in [0.5, 0.6) is 0 Å². The van der Waals surface area contributed by atoms with Gasteiger partial charge in [0.25, 0.3) is 5.69 Å². The first-order valence-electron chi connectivity index (χ1n) is 5.73. The van der Waals surface area contributed by atoms with Crippen LogP contribution in [0.4, 0.5) is 11.4 Å². The number of halogens is 1. The van der Waals surface area contributed by atoms with Crippen LogP contribution in [-0.2, 0) is 16.4 Å². The molecule has 2 aromatic rings. The Labute approximate surface area is 134 Å². The summed E-state index contributed by atoms with van der Waals surface area (Å²) in [6.45, 7) is 0.414. The molecule has 1 aromatic heterocycles. The molecule has 9 heteroatoms. The smallest absolute Gasteiger partial charge is 0.293 e. The number of nitro groups is 1. The zero-order chi connectivity index (χ0) is 15.6. The van der Waals surface area contributed by atoms with E-state index in [4.69, 9.17) is 0 Å². The van der Waals surface area contributed by atoms with Crippen LogP contribution in [0.25, 0.3) is 0 Å². The third kappa shape index (κ3) is 3.80. The standard InChI is InChI=1S/C12H11BrN2O4S2/c1-21(18,19)8-2-3-10(11(6-8)15(16)17)14-7-12-9(13)4-5-20-12/h2-6,14H,7H2,1H3. The molecule has 0 unspecified atom stereocenters. The number of sulfone groups is 1. The molecule has 0 aliphatic heterocycles. The number of nitro benzene ring substituents is 1. The summed E-state index contributed by atoms with van der Waals surface area (Å²) >= 11 is 4.90. The molecule has 1 N–H and O–H groups in total.